The molecule has 0 saturated heterocycles. The Kier molecular flexibility index (Phi) is 1.96. The molecule has 2 heterocycles. The van der Waals surface area contributed by atoms with Crippen LogP contribution in [0.1, 0.15) is 18.0 Å². The summed E-state index contributed by atoms with van der Waals surface area (Å²) in [5.74, 6) is 0.0115. The highest BCUT2D eigenvalue weighted by molar-refractivity contribution is 7.07. The minimum Gasteiger partial charge on any atom is -0.345 e. The molecule has 1 N–H and O–H groups in total. The molecule has 0 fully saturated rings. The third kappa shape index (κ3) is 1.41. The Balaban J connectivity index is 2.17. The van der Waals surface area contributed by atoms with E-state index >= 15 is 0 Å². The normalized spacial score (nSPS) is 22.3. The molecular weight excluding hydrogens is 170 g/mol. The molecule has 12 heavy (non-hydrogen) atoms. The van der Waals surface area contributed by atoms with Crippen LogP contribution >= 0.6 is 11.3 Å². The van der Waals surface area contributed by atoms with E-state index in [0.29, 0.717) is 0 Å². The standard InChI is InChI=1S/C9H9NOS/c11-9-3-1-2-8(10-9)7-4-5-12-6-7/h1,3-6,8H,2H2,(H,10,11). The Morgan fingerprint density at radius 3 is 3.17 bits per heavy atom. The highest BCUT2D eigenvalue weighted by Gasteiger charge is 2.15. The maximum atomic E-state index is 11.0. The third-order valence-electron chi connectivity index (χ3n) is 1.90. The number of carbonyl (C=O) groups is 1. The zero-order valence-electron chi connectivity index (χ0n) is 6.49. The van der Waals surface area contributed by atoms with E-state index in [1.54, 1.807) is 17.4 Å². The predicted octanol–water partition coefficient (Wildman–Crippen LogP) is 1.87. The van der Waals surface area contributed by atoms with Gasteiger partial charge in [-0.2, -0.15) is 11.3 Å². The van der Waals surface area contributed by atoms with Crippen molar-refractivity contribution in [1.29, 1.82) is 0 Å². The van der Waals surface area contributed by atoms with Gasteiger partial charge in [0.05, 0.1) is 6.04 Å². The van der Waals surface area contributed by atoms with Crippen LogP contribution in [0.4, 0.5) is 0 Å². The fraction of sp³-hybridized carbons (Fsp3) is 0.222. The molecule has 62 valence electrons. The van der Waals surface area contributed by atoms with Crippen LogP contribution < -0.4 is 5.32 Å². The van der Waals surface area contributed by atoms with Gasteiger partial charge in [-0.15, -0.1) is 0 Å². The summed E-state index contributed by atoms with van der Waals surface area (Å²) in [5, 5.41) is 7.00. The van der Waals surface area contributed by atoms with Crippen molar-refractivity contribution in [2.45, 2.75) is 12.5 Å². The van der Waals surface area contributed by atoms with E-state index in [4.69, 9.17) is 0 Å². The van der Waals surface area contributed by atoms with Crippen molar-refractivity contribution in [1.82, 2.24) is 5.32 Å². The van der Waals surface area contributed by atoms with Crippen molar-refractivity contribution in [3.8, 4) is 0 Å². The van der Waals surface area contributed by atoms with Gasteiger partial charge in [0.2, 0.25) is 5.91 Å². The van der Waals surface area contributed by atoms with Crippen LogP contribution in [0.3, 0.4) is 0 Å². The molecule has 1 aromatic heterocycles. The summed E-state index contributed by atoms with van der Waals surface area (Å²) < 4.78 is 0. The molecule has 1 atom stereocenters. The second kappa shape index (κ2) is 3.11. The number of thiophene rings is 1. The van der Waals surface area contributed by atoms with E-state index in [-0.39, 0.29) is 11.9 Å². The Bertz CT molecular complexity index is 302. The average Bonchev–Trinajstić information content (AvgIpc) is 2.56. The molecule has 1 unspecified atom stereocenters. The molecule has 2 rings (SSSR count). The summed E-state index contributed by atoms with van der Waals surface area (Å²) >= 11 is 1.66. The zero-order valence-corrected chi connectivity index (χ0v) is 7.30. The highest BCUT2D eigenvalue weighted by atomic mass is 32.1. The number of rotatable bonds is 1. The SMILES string of the molecule is O=C1C=CCC(c2ccsc2)N1. The number of hydrogen-bond acceptors (Lipinski definition) is 2. The molecular formula is C9H9NOS. The fourth-order valence-electron chi connectivity index (χ4n) is 1.28. The van der Waals surface area contributed by atoms with E-state index in [1.807, 2.05) is 11.5 Å². The molecule has 0 saturated carbocycles. The molecule has 1 aliphatic heterocycles. The average molecular weight is 179 g/mol. The molecule has 0 radical (unpaired) electrons. The Labute approximate surface area is 74.9 Å². The van der Waals surface area contributed by atoms with Crippen molar-refractivity contribution in [2.75, 3.05) is 0 Å². The molecule has 0 spiro atoms. The molecule has 0 bridgehead atoms. The van der Waals surface area contributed by atoms with Crippen LogP contribution in [-0.4, -0.2) is 5.91 Å². The molecule has 0 aromatic carbocycles. The van der Waals surface area contributed by atoms with Crippen LogP contribution in [-0.2, 0) is 4.79 Å². The third-order valence-corrected chi connectivity index (χ3v) is 2.60. The van der Waals surface area contributed by atoms with Crippen molar-refractivity contribution >= 4 is 17.2 Å². The topological polar surface area (TPSA) is 29.1 Å². The van der Waals surface area contributed by atoms with Gasteiger partial charge in [-0.25, -0.2) is 0 Å². The van der Waals surface area contributed by atoms with Gasteiger partial charge < -0.3 is 5.32 Å². The summed E-state index contributed by atoms with van der Waals surface area (Å²) in [6.07, 6.45) is 4.41. The number of amides is 1. The summed E-state index contributed by atoms with van der Waals surface area (Å²) in [4.78, 5) is 11.0. The lowest BCUT2D eigenvalue weighted by atomic mass is 10.0. The Morgan fingerprint density at radius 2 is 2.50 bits per heavy atom. The summed E-state index contributed by atoms with van der Waals surface area (Å²) in [7, 11) is 0. The minimum atomic E-state index is 0.0115. The molecule has 0 aliphatic carbocycles. The first-order chi connectivity index (χ1) is 5.86. The Hall–Kier alpha value is -1.09. The largest absolute Gasteiger partial charge is 0.345 e. The van der Waals surface area contributed by atoms with Crippen molar-refractivity contribution in [2.24, 2.45) is 0 Å². The van der Waals surface area contributed by atoms with E-state index < -0.39 is 0 Å². The minimum absolute atomic E-state index is 0.0115. The lowest BCUT2D eigenvalue weighted by molar-refractivity contribution is -0.117. The van der Waals surface area contributed by atoms with Crippen molar-refractivity contribution < 1.29 is 4.79 Å². The summed E-state index contributed by atoms with van der Waals surface area (Å²) in [6, 6.07) is 2.24. The monoisotopic (exact) mass is 179 g/mol. The van der Waals surface area contributed by atoms with Crippen LogP contribution in [0, 0.1) is 0 Å². The van der Waals surface area contributed by atoms with Gasteiger partial charge >= 0.3 is 0 Å². The smallest absolute Gasteiger partial charge is 0.244 e. The first-order valence-electron chi connectivity index (χ1n) is 3.85. The van der Waals surface area contributed by atoms with Gasteiger partial charge in [-0.05, 0) is 34.9 Å². The molecule has 1 aromatic rings. The van der Waals surface area contributed by atoms with Gasteiger partial charge in [0.15, 0.2) is 0 Å². The van der Waals surface area contributed by atoms with Crippen molar-refractivity contribution in [3.05, 3.63) is 34.5 Å². The van der Waals surface area contributed by atoms with Crippen LogP contribution in [0.25, 0.3) is 0 Å². The van der Waals surface area contributed by atoms with Crippen LogP contribution in [0.5, 0.6) is 0 Å². The van der Waals surface area contributed by atoms with E-state index in [1.165, 1.54) is 5.56 Å². The van der Waals surface area contributed by atoms with E-state index in [2.05, 4.69) is 16.8 Å². The van der Waals surface area contributed by atoms with Gasteiger partial charge in [-0.1, -0.05) is 6.08 Å². The molecule has 1 aliphatic rings. The zero-order chi connectivity index (χ0) is 8.39. The second-order valence-corrected chi connectivity index (χ2v) is 3.54. The van der Waals surface area contributed by atoms with Gasteiger partial charge in [0.1, 0.15) is 0 Å². The quantitative estimate of drug-likeness (QED) is 0.700. The van der Waals surface area contributed by atoms with Crippen LogP contribution in [0.15, 0.2) is 29.0 Å². The van der Waals surface area contributed by atoms with Gasteiger partial charge in [0, 0.05) is 0 Å². The highest BCUT2D eigenvalue weighted by Crippen LogP contribution is 2.21. The van der Waals surface area contributed by atoms with Crippen LogP contribution in [0.2, 0.25) is 0 Å². The molecule has 2 nitrogen and oxygen atoms in total. The summed E-state index contributed by atoms with van der Waals surface area (Å²) in [5.41, 5.74) is 1.21. The fourth-order valence-corrected chi connectivity index (χ4v) is 2.00. The number of hydrogen-bond donors (Lipinski definition) is 1. The first kappa shape index (κ1) is 7.55. The second-order valence-electron chi connectivity index (χ2n) is 2.76. The lowest BCUT2D eigenvalue weighted by Crippen LogP contribution is -2.28. The van der Waals surface area contributed by atoms with E-state index in [0.717, 1.165) is 6.42 Å². The maximum Gasteiger partial charge on any atom is 0.244 e. The number of carbonyl (C=O) groups excluding carboxylic acids is 1. The number of nitrogens with one attached hydrogen (secondary N) is 1. The van der Waals surface area contributed by atoms with Crippen molar-refractivity contribution in [3.63, 3.8) is 0 Å². The lowest BCUT2D eigenvalue weighted by Gasteiger charge is -2.18. The predicted molar refractivity (Wildman–Crippen MR) is 49.0 cm³/mol. The summed E-state index contributed by atoms with van der Waals surface area (Å²) in [6.45, 7) is 0. The first-order valence-corrected chi connectivity index (χ1v) is 4.79. The van der Waals surface area contributed by atoms with Gasteiger partial charge in [-0.3, -0.25) is 4.79 Å². The molecule has 3 heteroatoms. The maximum absolute atomic E-state index is 11.0. The van der Waals surface area contributed by atoms with E-state index in [9.17, 15) is 4.79 Å². The Morgan fingerprint density at radius 1 is 1.58 bits per heavy atom. The van der Waals surface area contributed by atoms with Gasteiger partial charge in [0.25, 0.3) is 0 Å². The molecule has 1 amide bonds.